The third-order valence-electron chi connectivity index (χ3n) is 3.50. The first-order chi connectivity index (χ1) is 9.61. The van der Waals surface area contributed by atoms with Gasteiger partial charge in [0.05, 0.1) is 6.61 Å². The molecule has 20 heavy (non-hydrogen) atoms. The fourth-order valence-electron chi connectivity index (χ4n) is 2.21. The van der Waals surface area contributed by atoms with Crippen LogP contribution in [0.1, 0.15) is 37.1 Å². The molecule has 1 aliphatic rings. The van der Waals surface area contributed by atoms with Crippen molar-refractivity contribution in [3.05, 3.63) is 21.9 Å². The van der Waals surface area contributed by atoms with Gasteiger partial charge < -0.3 is 5.11 Å². The largest absolute Gasteiger partial charge is 0.395 e. The summed E-state index contributed by atoms with van der Waals surface area (Å²) in [5.41, 5.74) is 1.14. The third-order valence-corrected chi connectivity index (χ3v) is 5.78. The normalized spacial score (nSPS) is 19.1. The molecule has 1 saturated heterocycles. The maximum Gasteiger partial charge on any atom is 0.0540 e. The summed E-state index contributed by atoms with van der Waals surface area (Å²) in [5.74, 6) is 7.42. The van der Waals surface area contributed by atoms with Crippen molar-refractivity contribution >= 4 is 23.1 Å². The van der Waals surface area contributed by atoms with Crippen LogP contribution in [0.4, 0.5) is 0 Å². The Morgan fingerprint density at radius 1 is 1.40 bits per heavy atom. The highest BCUT2D eigenvalue weighted by Gasteiger charge is 2.23. The van der Waals surface area contributed by atoms with Gasteiger partial charge in [-0.25, -0.2) is 0 Å². The lowest BCUT2D eigenvalue weighted by Crippen LogP contribution is -2.26. The molecule has 0 saturated carbocycles. The number of aliphatic hydroxyl groups is 1. The smallest absolute Gasteiger partial charge is 0.0540 e. The van der Waals surface area contributed by atoms with E-state index in [1.165, 1.54) is 23.6 Å². The molecule has 2 heterocycles. The van der Waals surface area contributed by atoms with E-state index in [1.807, 2.05) is 0 Å². The molecule has 0 atom stereocenters. The first-order valence-corrected chi connectivity index (χ1v) is 9.00. The molecule has 1 aliphatic heterocycles. The number of thioether (sulfide) groups is 1. The van der Waals surface area contributed by atoms with Gasteiger partial charge in [0.2, 0.25) is 0 Å². The van der Waals surface area contributed by atoms with Crippen LogP contribution in [0.2, 0.25) is 0 Å². The van der Waals surface area contributed by atoms with Crippen LogP contribution in [0.15, 0.2) is 11.4 Å². The SMILES string of the molecule is CC1(C)CCN(Cc2sccc2C#CCCO)CCS1. The number of hydrogen-bond acceptors (Lipinski definition) is 4. The highest BCUT2D eigenvalue weighted by atomic mass is 32.2. The standard InChI is InChI=1S/C16H23NOS2/c1-16(2)7-8-17(9-12-20-16)13-15-14(6-11-19-15)5-3-4-10-18/h6,11,18H,4,7-10,12-13H2,1-2H3. The molecule has 110 valence electrons. The lowest BCUT2D eigenvalue weighted by Gasteiger charge is -2.22. The molecule has 2 nitrogen and oxygen atoms in total. The second-order valence-corrected chi connectivity index (χ2v) is 8.47. The van der Waals surface area contributed by atoms with Crippen molar-refractivity contribution in [3.63, 3.8) is 0 Å². The Bertz CT molecular complexity index is 484. The summed E-state index contributed by atoms with van der Waals surface area (Å²) in [6.45, 7) is 8.18. The Kier molecular flexibility index (Phi) is 5.98. The first kappa shape index (κ1) is 15.9. The van der Waals surface area contributed by atoms with Gasteiger partial charge in [0.25, 0.3) is 0 Å². The molecule has 0 amide bonds. The van der Waals surface area contributed by atoms with E-state index in [-0.39, 0.29) is 6.61 Å². The topological polar surface area (TPSA) is 23.5 Å². The summed E-state index contributed by atoms with van der Waals surface area (Å²) < 4.78 is 0.411. The highest BCUT2D eigenvalue weighted by Crippen LogP contribution is 2.31. The average molecular weight is 310 g/mol. The number of thiophene rings is 1. The summed E-state index contributed by atoms with van der Waals surface area (Å²) in [6.07, 6.45) is 1.80. The lowest BCUT2D eigenvalue weighted by atomic mass is 10.1. The van der Waals surface area contributed by atoms with E-state index >= 15 is 0 Å². The van der Waals surface area contributed by atoms with E-state index in [4.69, 9.17) is 5.11 Å². The lowest BCUT2D eigenvalue weighted by molar-refractivity contribution is 0.278. The van der Waals surface area contributed by atoms with Crippen LogP contribution in [0.25, 0.3) is 0 Å². The summed E-state index contributed by atoms with van der Waals surface area (Å²) in [7, 11) is 0. The van der Waals surface area contributed by atoms with Crippen molar-refractivity contribution in [1.82, 2.24) is 4.90 Å². The zero-order valence-electron chi connectivity index (χ0n) is 12.3. The highest BCUT2D eigenvalue weighted by molar-refractivity contribution is 8.00. The predicted octanol–water partition coefficient (Wildman–Crippen LogP) is 3.20. The molecule has 1 aromatic rings. The Balaban J connectivity index is 1.97. The van der Waals surface area contributed by atoms with Crippen LogP contribution in [-0.4, -0.2) is 40.2 Å². The molecule has 1 N–H and O–H groups in total. The minimum atomic E-state index is 0.144. The molecule has 0 unspecified atom stereocenters. The van der Waals surface area contributed by atoms with E-state index in [1.54, 1.807) is 11.3 Å². The summed E-state index contributed by atoms with van der Waals surface area (Å²) in [4.78, 5) is 3.91. The van der Waals surface area contributed by atoms with E-state index in [0.29, 0.717) is 11.2 Å². The van der Waals surface area contributed by atoms with Crippen molar-refractivity contribution < 1.29 is 5.11 Å². The predicted molar refractivity (Wildman–Crippen MR) is 89.3 cm³/mol. The molecule has 4 heteroatoms. The van der Waals surface area contributed by atoms with Gasteiger partial charge in [-0.3, -0.25) is 4.90 Å². The molecule has 1 fully saturated rings. The molecule has 0 aliphatic carbocycles. The zero-order valence-corrected chi connectivity index (χ0v) is 13.9. The van der Waals surface area contributed by atoms with Crippen molar-refractivity contribution in [1.29, 1.82) is 0 Å². The fraction of sp³-hybridized carbons (Fsp3) is 0.625. The van der Waals surface area contributed by atoms with E-state index < -0.39 is 0 Å². The van der Waals surface area contributed by atoms with Crippen LogP contribution in [0.5, 0.6) is 0 Å². The van der Waals surface area contributed by atoms with Gasteiger partial charge >= 0.3 is 0 Å². The molecule has 0 spiro atoms. The minimum Gasteiger partial charge on any atom is -0.395 e. The average Bonchev–Trinajstić information content (AvgIpc) is 2.75. The van der Waals surface area contributed by atoms with Gasteiger partial charge in [0.1, 0.15) is 0 Å². The number of nitrogens with zero attached hydrogens (tertiary/aromatic N) is 1. The van der Waals surface area contributed by atoms with E-state index in [2.05, 4.69) is 53.8 Å². The number of aliphatic hydroxyl groups excluding tert-OH is 1. The van der Waals surface area contributed by atoms with Crippen molar-refractivity contribution in [3.8, 4) is 11.8 Å². The van der Waals surface area contributed by atoms with Crippen LogP contribution in [0.3, 0.4) is 0 Å². The maximum absolute atomic E-state index is 8.80. The Hall–Kier alpha value is -0.470. The van der Waals surface area contributed by atoms with Crippen LogP contribution in [-0.2, 0) is 6.54 Å². The molecule has 2 rings (SSSR count). The fourth-order valence-corrected chi connectivity index (χ4v) is 4.22. The second-order valence-electron chi connectivity index (χ2n) is 5.67. The molecule has 0 aromatic carbocycles. The minimum absolute atomic E-state index is 0.144. The van der Waals surface area contributed by atoms with Crippen LogP contribution >= 0.6 is 23.1 Å². The van der Waals surface area contributed by atoms with E-state index in [9.17, 15) is 0 Å². The molecular formula is C16H23NOS2. The van der Waals surface area contributed by atoms with Crippen molar-refractivity contribution in [2.75, 3.05) is 25.4 Å². The van der Waals surface area contributed by atoms with Crippen molar-refractivity contribution in [2.24, 2.45) is 0 Å². The van der Waals surface area contributed by atoms with Crippen LogP contribution < -0.4 is 0 Å². The number of hydrogen-bond donors (Lipinski definition) is 1. The van der Waals surface area contributed by atoms with Crippen molar-refractivity contribution in [2.45, 2.75) is 38.0 Å². The first-order valence-electron chi connectivity index (χ1n) is 7.13. The Morgan fingerprint density at radius 2 is 2.25 bits per heavy atom. The Labute approximate surface area is 130 Å². The van der Waals surface area contributed by atoms with Gasteiger partial charge in [-0.1, -0.05) is 25.7 Å². The monoisotopic (exact) mass is 309 g/mol. The Morgan fingerprint density at radius 3 is 3.05 bits per heavy atom. The second kappa shape index (κ2) is 7.51. The third kappa shape index (κ3) is 4.82. The molecule has 1 aromatic heterocycles. The van der Waals surface area contributed by atoms with Gasteiger partial charge in [0.15, 0.2) is 0 Å². The van der Waals surface area contributed by atoms with Gasteiger partial charge in [0, 0.05) is 40.5 Å². The maximum atomic E-state index is 8.80. The molecular weight excluding hydrogens is 286 g/mol. The van der Waals surface area contributed by atoms with E-state index in [0.717, 1.165) is 18.7 Å². The van der Waals surface area contributed by atoms with Gasteiger partial charge in [-0.2, -0.15) is 11.8 Å². The van der Waals surface area contributed by atoms with Crippen LogP contribution in [0, 0.1) is 11.8 Å². The quantitative estimate of drug-likeness (QED) is 0.867. The number of rotatable bonds is 3. The summed E-state index contributed by atoms with van der Waals surface area (Å²) >= 11 is 3.88. The summed E-state index contributed by atoms with van der Waals surface area (Å²) in [6, 6.07) is 2.10. The van der Waals surface area contributed by atoms with Gasteiger partial charge in [-0.05, 0) is 24.4 Å². The zero-order chi connectivity index (χ0) is 14.4. The summed E-state index contributed by atoms with van der Waals surface area (Å²) in [5, 5.41) is 10.9. The molecule has 0 radical (unpaired) electrons. The molecule has 0 bridgehead atoms. The van der Waals surface area contributed by atoms with Gasteiger partial charge in [-0.15, -0.1) is 11.3 Å².